The molecular formula is C14H21N3O3S. The van der Waals surface area contributed by atoms with Gasteiger partial charge in [0.15, 0.2) is 0 Å². The van der Waals surface area contributed by atoms with Crippen molar-refractivity contribution in [1.29, 1.82) is 0 Å². The van der Waals surface area contributed by atoms with E-state index < -0.39 is 10.0 Å². The highest BCUT2D eigenvalue weighted by atomic mass is 32.2. The van der Waals surface area contributed by atoms with Crippen molar-refractivity contribution in [2.24, 2.45) is 13.0 Å². The molecule has 1 amide bonds. The van der Waals surface area contributed by atoms with Crippen molar-refractivity contribution in [1.82, 2.24) is 14.6 Å². The fourth-order valence-corrected chi connectivity index (χ4v) is 3.35. The molecule has 0 aromatic carbocycles. The number of nitrogens with one attached hydrogen (secondary N) is 2. The average Bonchev–Trinajstić information content (AvgIpc) is 2.92. The van der Waals surface area contributed by atoms with Crippen LogP contribution in [0.4, 0.5) is 0 Å². The van der Waals surface area contributed by atoms with Crippen molar-refractivity contribution in [2.45, 2.75) is 24.2 Å². The van der Waals surface area contributed by atoms with E-state index in [0.717, 1.165) is 19.3 Å². The Labute approximate surface area is 125 Å². The number of carbonyl (C=O) groups is 1. The zero-order valence-corrected chi connectivity index (χ0v) is 12.9. The number of amides is 1. The van der Waals surface area contributed by atoms with E-state index in [2.05, 4.69) is 16.1 Å². The van der Waals surface area contributed by atoms with Gasteiger partial charge in [-0.15, -0.1) is 0 Å². The number of sulfonamides is 1. The Kier molecular flexibility index (Phi) is 5.19. The van der Waals surface area contributed by atoms with Crippen molar-refractivity contribution in [3.63, 3.8) is 0 Å². The van der Waals surface area contributed by atoms with Gasteiger partial charge in [0, 0.05) is 38.4 Å². The Morgan fingerprint density at radius 3 is 2.81 bits per heavy atom. The summed E-state index contributed by atoms with van der Waals surface area (Å²) in [4.78, 5) is 12.1. The summed E-state index contributed by atoms with van der Waals surface area (Å²) in [6.07, 6.45) is 9.87. The first-order valence-electron chi connectivity index (χ1n) is 7.03. The lowest BCUT2D eigenvalue weighted by atomic mass is 9.94. The number of hydrogen-bond acceptors (Lipinski definition) is 3. The van der Waals surface area contributed by atoms with Gasteiger partial charge in [0.1, 0.15) is 0 Å². The summed E-state index contributed by atoms with van der Waals surface area (Å²) in [5.74, 6) is 0.0130. The summed E-state index contributed by atoms with van der Waals surface area (Å²) < 4.78 is 28.0. The minimum atomic E-state index is -3.50. The first-order chi connectivity index (χ1) is 9.99. The molecule has 6 nitrogen and oxygen atoms in total. The normalized spacial score (nSPS) is 18.6. The molecule has 1 aliphatic carbocycles. The molecule has 0 radical (unpaired) electrons. The lowest BCUT2D eigenvalue weighted by Gasteiger charge is -2.17. The van der Waals surface area contributed by atoms with Gasteiger partial charge in [-0.25, -0.2) is 13.1 Å². The standard InChI is InChI=1S/C14H21N3O3S/c1-17-10-7-13(11-17)21(19,20)16-9-8-15-14(18)12-5-3-2-4-6-12/h2-3,7,10-12,16H,4-6,8-9H2,1H3,(H,15,18)/t12-/m1/s1. The van der Waals surface area contributed by atoms with Gasteiger partial charge < -0.3 is 9.88 Å². The highest BCUT2D eigenvalue weighted by Gasteiger charge is 2.18. The fourth-order valence-electron chi connectivity index (χ4n) is 2.27. The van der Waals surface area contributed by atoms with Crippen LogP contribution in [0, 0.1) is 5.92 Å². The second kappa shape index (κ2) is 6.91. The van der Waals surface area contributed by atoms with Crippen LogP contribution in [0.3, 0.4) is 0 Å². The van der Waals surface area contributed by atoms with Crippen molar-refractivity contribution in [3.8, 4) is 0 Å². The van der Waals surface area contributed by atoms with Gasteiger partial charge in [0.05, 0.1) is 4.90 Å². The van der Waals surface area contributed by atoms with Crippen molar-refractivity contribution >= 4 is 15.9 Å². The summed E-state index contributed by atoms with van der Waals surface area (Å²) in [5, 5.41) is 2.78. The summed E-state index contributed by atoms with van der Waals surface area (Å²) in [5.41, 5.74) is 0. The maximum Gasteiger partial charge on any atom is 0.242 e. The molecule has 21 heavy (non-hydrogen) atoms. The third kappa shape index (κ3) is 4.44. The average molecular weight is 311 g/mol. The lowest BCUT2D eigenvalue weighted by Crippen LogP contribution is -2.37. The van der Waals surface area contributed by atoms with Crippen LogP contribution >= 0.6 is 0 Å². The van der Waals surface area contributed by atoms with Gasteiger partial charge in [-0.3, -0.25) is 4.79 Å². The largest absolute Gasteiger partial charge is 0.356 e. The third-order valence-corrected chi connectivity index (χ3v) is 4.92. The Morgan fingerprint density at radius 2 is 2.19 bits per heavy atom. The maximum absolute atomic E-state index is 11.9. The van der Waals surface area contributed by atoms with E-state index in [1.165, 1.54) is 12.3 Å². The second-order valence-electron chi connectivity index (χ2n) is 5.18. The molecule has 0 fully saturated rings. The van der Waals surface area contributed by atoms with Gasteiger partial charge in [-0.2, -0.15) is 0 Å². The number of hydrogen-bond donors (Lipinski definition) is 2. The van der Waals surface area contributed by atoms with E-state index in [1.807, 2.05) is 6.08 Å². The Morgan fingerprint density at radius 1 is 1.38 bits per heavy atom. The molecule has 116 valence electrons. The Balaban J connectivity index is 1.74. The van der Waals surface area contributed by atoms with Crippen LogP contribution in [0.15, 0.2) is 35.5 Å². The smallest absolute Gasteiger partial charge is 0.242 e. The van der Waals surface area contributed by atoms with Gasteiger partial charge in [-0.05, 0) is 25.3 Å². The Hall–Kier alpha value is -1.60. The zero-order valence-electron chi connectivity index (χ0n) is 12.1. The lowest BCUT2D eigenvalue weighted by molar-refractivity contribution is -0.125. The van der Waals surface area contributed by atoms with E-state index >= 15 is 0 Å². The number of carbonyl (C=O) groups excluding carboxylic acids is 1. The predicted octanol–water partition coefficient (Wildman–Crippen LogP) is 0.776. The van der Waals surface area contributed by atoms with E-state index in [0.29, 0.717) is 6.54 Å². The molecule has 0 saturated carbocycles. The van der Waals surface area contributed by atoms with Crippen molar-refractivity contribution in [3.05, 3.63) is 30.6 Å². The minimum Gasteiger partial charge on any atom is -0.356 e. The molecule has 7 heteroatoms. The molecule has 0 spiro atoms. The molecule has 0 aliphatic heterocycles. The maximum atomic E-state index is 11.9. The van der Waals surface area contributed by atoms with E-state index in [4.69, 9.17) is 0 Å². The van der Waals surface area contributed by atoms with Gasteiger partial charge in [0.25, 0.3) is 0 Å². The topological polar surface area (TPSA) is 80.2 Å². The number of aromatic nitrogens is 1. The van der Waals surface area contributed by atoms with Crippen molar-refractivity contribution in [2.75, 3.05) is 13.1 Å². The molecule has 1 atom stereocenters. The molecule has 1 aromatic heterocycles. The third-order valence-electron chi connectivity index (χ3n) is 3.47. The molecule has 0 saturated heterocycles. The molecular weight excluding hydrogens is 290 g/mol. The molecule has 0 unspecified atom stereocenters. The van der Waals surface area contributed by atoms with Crippen LogP contribution in [-0.2, 0) is 21.9 Å². The molecule has 1 aromatic rings. The van der Waals surface area contributed by atoms with Crippen LogP contribution in [0.1, 0.15) is 19.3 Å². The predicted molar refractivity (Wildman–Crippen MR) is 80.1 cm³/mol. The molecule has 2 N–H and O–H groups in total. The van der Waals surface area contributed by atoms with Crippen molar-refractivity contribution < 1.29 is 13.2 Å². The highest BCUT2D eigenvalue weighted by Crippen LogP contribution is 2.17. The monoisotopic (exact) mass is 311 g/mol. The molecule has 2 rings (SSSR count). The first-order valence-corrected chi connectivity index (χ1v) is 8.52. The molecule has 1 aliphatic rings. The van der Waals surface area contributed by atoms with Gasteiger partial charge in [-0.1, -0.05) is 12.2 Å². The second-order valence-corrected chi connectivity index (χ2v) is 6.95. The number of aryl methyl sites for hydroxylation is 1. The minimum absolute atomic E-state index is 0.00161. The van der Waals surface area contributed by atoms with Gasteiger partial charge >= 0.3 is 0 Å². The highest BCUT2D eigenvalue weighted by molar-refractivity contribution is 7.89. The zero-order chi connectivity index (χ0) is 15.3. The molecule has 1 heterocycles. The van der Waals surface area contributed by atoms with Crippen LogP contribution < -0.4 is 10.0 Å². The summed E-state index contributed by atoms with van der Waals surface area (Å²) in [6, 6.07) is 1.54. The van der Waals surface area contributed by atoms with E-state index in [1.54, 1.807) is 17.8 Å². The summed E-state index contributed by atoms with van der Waals surface area (Å²) >= 11 is 0. The fraction of sp³-hybridized carbons (Fsp3) is 0.500. The first kappa shape index (κ1) is 15.8. The van der Waals surface area contributed by atoms with Gasteiger partial charge in [0.2, 0.25) is 15.9 Å². The van der Waals surface area contributed by atoms with Crippen LogP contribution in [0.25, 0.3) is 0 Å². The van der Waals surface area contributed by atoms with E-state index in [-0.39, 0.29) is 23.3 Å². The van der Waals surface area contributed by atoms with Crippen LogP contribution in [0.5, 0.6) is 0 Å². The van der Waals surface area contributed by atoms with Crippen LogP contribution in [0.2, 0.25) is 0 Å². The quantitative estimate of drug-likeness (QED) is 0.602. The summed E-state index contributed by atoms with van der Waals surface area (Å²) in [6.45, 7) is 0.483. The van der Waals surface area contributed by atoms with Crippen LogP contribution in [-0.4, -0.2) is 32.0 Å². The number of rotatable bonds is 6. The number of nitrogens with zero attached hydrogens (tertiary/aromatic N) is 1. The Bertz CT molecular complexity index is 619. The van der Waals surface area contributed by atoms with E-state index in [9.17, 15) is 13.2 Å². The summed E-state index contributed by atoms with van der Waals surface area (Å²) in [7, 11) is -1.73. The molecule has 0 bridgehead atoms. The number of allylic oxidation sites excluding steroid dienone is 2. The SMILES string of the molecule is Cn1ccc(S(=O)(=O)NCCNC(=O)[C@@H]2CC=CCC2)c1.